The van der Waals surface area contributed by atoms with Gasteiger partial charge in [0.15, 0.2) is 0 Å². The van der Waals surface area contributed by atoms with Crippen LogP contribution in [-0.4, -0.2) is 29.9 Å². The van der Waals surface area contributed by atoms with E-state index in [9.17, 15) is 14.4 Å². The number of thiophene rings is 1. The third-order valence-electron chi connectivity index (χ3n) is 5.35. The topological polar surface area (TPSA) is 96.5 Å². The molecule has 0 bridgehead atoms. The van der Waals surface area contributed by atoms with Gasteiger partial charge in [0.05, 0.1) is 11.3 Å². The van der Waals surface area contributed by atoms with Gasteiger partial charge in [-0.1, -0.05) is 18.2 Å². The predicted octanol–water partition coefficient (Wildman–Crippen LogP) is 3.27. The lowest BCUT2D eigenvalue weighted by Gasteiger charge is -2.33. The average Bonchev–Trinajstić information content (AvgIpc) is 3.10. The van der Waals surface area contributed by atoms with E-state index in [2.05, 4.69) is 22.5 Å². The number of carbonyl (C=O) groups is 3. The molecule has 4 rings (SSSR count). The Morgan fingerprint density at radius 3 is 2.87 bits per heavy atom. The zero-order valence-corrected chi connectivity index (χ0v) is 17.5. The van der Waals surface area contributed by atoms with Crippen molar-refractivity contribution in [1.29, 1.82) is 0 Å². The number of ether oxygens (including phenoxy) is 1. The van der Waals surface area contributed by atoms with E-state index >= 15 is 0 Å². The van der Waals surface area contributed by atoms with Crippen LogP contribution in [0.3, 0.4) is 0 Å². The van der Waals surface area contributed by atoms with Crippen LogP contribution in [0.1, 0.15) is 40.6 Å². The maximum absolute atomic E-state index is 13.2. The first-order chi connectivity index (χ1) is 14.4. The van der Waals surface area contributed by atoms with Crippen LogP contribution < -0.4 is 20.7 Å². The number of hydrogen-bond acceptors (Lipinski definition) is 5. The Hall–Kier alpha value is -3.13. The van der Waals surface area contributed by atoms with Gasteiger partial charge < -0.3 is 20.7 Å². The number of rotatable bonds is 5. The van der Waals surface area contributed by atoms with Crippen LogP contribution >= 0.6 is 11.3 Å². The molecule has 1 unspecified atom stereocenters. The van der Waals surface area contributed by atoms with Gasteiger partial charge >= 0.3 is 0 Å². The van der Waals surface area contributed by atoms with Gasteiger partial charge in [-0.2, -0.15) is 0 Å². The van der Waals surface area contributed by atoms with Crippen LogP contribution in [0.4, 0.5) is 10.7 Å². The number of benzene rings is 1. The molecule has 30 heavy (non-hydrogen) atoms. The second-order valence-corrected chi connectivity index (χ2v) is 8.56. The van der Waals surface area contributed by atoms with Crippen molar-refractivity contribution in [3.63, 3.8) is 0 Å². The molecule has 156 valence electrons. The lowest BCUT2D eigenvalue weighted by atomic mass is 9.95. The van der Waals surface area contributed by atoms with Gasteiger partial charge in [-0.25, -0.2) is 0 Å². The summed E-state index contributed by atoms with van der Waals surface area (Å²) in [5.41, 5.74) is 0.217. The Balaban J connectivity index is 1.64. The Labute approximate surface area is 178 Å². The van der Waals surface area contributed by atoms with Gasteiger partial charge in [-0.05, 0) is 50.3 Å². The Bertz CT molecular complexity index is 1040. The van der Waals surface area contributed by atoms with Crippen molar-refractivity contribution in [3.8, 4) is 5.75 Å². The van der Waals surface area contributed by atoms with E-state index in [4.69, 9.17) is 4.74 Å². The summed E-state index contributed by atoms with van der Waals surface area (Å²) >= 11 is 1.40. The van der Waals surface area contributed by atoms with Crippen molar-refractivity contribution in [2.45, 2.75) is 38.2 Å². The predicted molar refractivity (Wildman–Crippen MR) is 116 cm³/mol. The Kier molecular flexibility index (Phi) is 5.34. The summed E-state index contributed by atoms with van der Waals surface area (Å²) in [6.45, 7) is 5.39. The fourth-order valence-electron chi connectivity index (χ4n) is 3.69. The summed E-state index contributed by atoms with van der Waals surface area (Å²) in [7, 11) is 0. The number of carbonyl (C=O) groups excluding carboxylic acids is 3. The molecule has 0 saturated heterocycles. The Morgan fingerprint density at radius 1 is 1.30 bits per heavy atom. The average molecular weight is 426 g/mol. The highest BCUT2D eigenvalue weighted by atomic mass is 32.1. The minimum atomic E-state index is -1.76. The summed E-state index contributed by atoms with van der Waals surface area (Å²) in [5.74, 6) is -1.01. The van der Waals surface area contributed by atoms with Gasteiger partial charge in [0.2, 0.25) is 0 Å². The van der Waals surface area contributed by atoms with Crippen molar-refractivity contribution < 1.29 is 19.1 Å². The standard InChI is InChI=1S/C22H23N3O4S/c1-3-12-23-18(26)17-13-8-4-7-11-16(13)30-19(17)25-21(28)22(2)20(27)24-14-9-5-6-10-15(14)29-22/h3,5-6,9-10H,1,4,7-8,11-12H2,2H3,(H,23,26)(H,24,27)(H,25,28). The van der Waals surface area contributed by atoms with Crippen LogP contribution in [0, 0.1) is 0 Å². The quantitative estimate of drug-likeness (QED) is 0.506. The molecule has 0 saturated carbocycles. The molecular formula is C22H23N3O4S. The molecule has 3 amide bonds. The molecule has 1 atom stereocenters. The normalized spacial score (nSPS) is 19.6. The van der Waals surface area contributed by atoms with E-state index in [-0.39, 0.29) is 5.91 Å². The minimum Gasteiger partial charge on any atom is -0.466 e. The molecular weight excluding hydrogens is 402 g/mol. The highest BCUT2D eigenvalue weighted by Crippen LogP contribution is 2.39. The van der Waals surface area contributed by atoms with Gasteiger partial charge in [-0.15, -0.1) is 17.9 Å². The first-order valence-corrected chi connectivity index (χ1v) is 10.7. The molecule has 0 fully saturated rings. The summed E-state index contributed by atoms with van der Waals surface area (Å²) < 4.78 is 5.80. The largest absolute Gasteiger partial charge is 0.466 e. The fraction of sp³-hybridized carbons (Fsp3) is 0.318. The molecule has 0 radical (unpaired) electrons. The van der Waals surface area contributed by atoms with Crippen LogP contribution in [0.15, 0.2) is 36.9 Å². The smallest absolute Gasteiger partial charge is 0.278 e. The summed E-state index contributed by atoms with van der Waals surface area (Å²) in [6.07, 6.45) is 5.32. The van der Waals surface area contributed by atoms with Crippen LogP contribution in [0.25, 0.3) is 0 Å². The van der Waals surface area contributed by atoms with E-state index in [0.717, 1.165) is 36.1 Å². The third kappa shape index (κ3) is 3.47. The van der Waals surface area contributed by atoms with E-state index < -0.39 is 17.4 Å². The number of nitrogens with one attached hydrogen (secondary N) is 3. The molecule has 3 N–H and O–H groups in total. The van der Waals surface area contributed by atoms with Crippen molar-refractivity contribution in [2.75, 3.05) is 17.2 Å². The zero-order valence-electron chi connectivity index (χ0n) is 16.7. The number of anilines is 2. The van der Waals surface area contributed by atoms with Crippen molar-refractivity contribution in [3.05, 3.63) is 52.9 Å². The molecule has 1 aromatic carbocycles. The highest BCUT2D eigenvalue weighted by molar-refractivity contribution is 7.17. The first kappa shape index (κ1) is 20.2. The van der Waals surface area contributed by atoms with Crippen LogP contribution in [-0.2, 0) is 22.4 Å². The summed E-state index contributed by atoms with van der Waals surface area (Å²) in [4.78, 5) is 39.8. The van der Waals surface area contributed by atoms with Crippen molar-refractivity contribution in [2.24, 2.45) is 0 Å². The first-order valence-electron chi connectivity index (χ1n) is 9.88. The van der Waals surface area contributed by atoms with Crippen LogP contribution in [0.5, 0.6) is 5.75 Å². The molecule has 2 aliphatic rings. The number of hydrogen-bond donors (Lipinski definition) is 3. The monoisotopic (exact) mass is 425 g/mol. The fourth-order valence-corrected chi connectivity index (χ4v) is 4.97. The molecule has 1 aliphatic carbocycles. The summed E-state index contributed by atoms with van der Waals surface area (Å²) in [5, 5.41) is 8.77. The van der Waals surface area contributed by atoms with Crippen LogP contribution in [0.2, 0.25) is 0 Å². The van der Waals surface area contributed by atoms with E-state index in [0.29, 0.717) is 28.5 Å². The minimum absolute atomic E-state index is 0.255. The highest BCUT2D eigenvalue weighted by Gasteiger charge is 2.47. The molecule has 7 nitrogen and oxygen atoms in total. The molecule has 0 spiro atoms. The maximum atomic E-state index is 13.2. The molecule has 2 heterocycles. The number of aryl methyl sites for hydroxylation is 1. The van der Waals surface area contributed by atoms with Gasteiger partial charge in [0.1, 0.15) is 10.8 Å². The second kappa shape index (κ2) is 7.95. The molecule has 1 aliphatic heterocycles. The summed E-state index contributed by atoms with van der Waals surface area (Å²) in [6, 6.07) is 6.94. The van der Waals surface area contributed by atoms with Gasteiger partial charge in [-0.3, -0.25) is 14.4 Å². The maximum Gasteiger partial charge on any atom is 0.278 e. The third-order valence-corrected chi connectivity index (χ3v) is 6.56. The lowest BCUT2D eigenvalue weighted by molar-refractivity contribution is -0.143. The molecule has 2 aromatic rings. The zero-order chi connectivity index (χ0) is 21.3. The van der Waals surface area contributed by atoms with E-state index in [1.54, 1.807) is 30.3 Å². The van der Waals surface area contributed by atoms with E-state index in [1.807, 2.05) is 0 Å². The lowest BCUT2D eigenvalue weighted by Crippen LogP contribution is -2.56. The molecule has 8 heteroatoms. The number of amides is 3. The second-order valence-electron chi connectivity index (χ2n) is 7.45. The van der Waals surface area contributed by atoms with E-state index in [1.165, 1.54) is 18.3 Å². The molecule has 1 aromatic heterocycles. The van der Waals surface area contributed by atoms with Crippen molar-refractivity contribution >= 4 is 39.7 Å². The van der Waals surface area contributed by atoms with Crippen molar-refractivity contribution in [1.82, 2.24) is 5.32 Å². The van der Waals surface area contributed by atoms with Gasteiger partial charge in [0, 0.05) is 11.4 Å². The number of para-hydroxylation sites is 2. The van der Waals surface area contributed by atoms with Gasteiger partial charge in [0.25, 0.3) is 23.3 Å². The SMILES string of the molecule is C=CCNC(=O)c1c(NC(=O)C2(C)Oc3ccccc3NC2=O)sc2c1CCCC2. The Morgan fingerprint density at radius 2 is 2.07 bits per heavy atom. The number of fused-ring (bicyclic) bond motifs is 2.